The van der Waals surface area contributed by atoms with E-state index in [1.54, 1.807) is 12.1 Å². The van der Waals surface area contributed by atoms with Gasteiger partial charge >= 0.3 is 0 Å². The van der Waals surface area contributed by atoms with Gasteiger partial charge in [0.1, 0.15) is 0 Å². The number of sulfonamides is 1. The number of amides is 1. The molecule has 0 radical (unpaired) electrons. The smallest absolute Gasteiger partial charge is 0.256 e. The van der Waals surface area contributed by atoms with Gasteiger partial charge in [0.2, 0.25) is 10.0 Å². The molecule has 1 N–H and O–H groups in total. The molecule has 2 aromatic heterocycles. The molecule has 0 bridgehead atoms. The summed E-state index contributed by atoms with van der Waals surface area (Å²) < 4.78 is 28.2. The van der Waals surface area contributed by atoms with Crippen LogP contribution in [0.1, 0.15) is 77.1 Å². The minimum atomic E-state index is -3.52. The Hall–Kier alpha value is -2.94. The molecule has 174 valence electrons. The highest BCUT2D eigenvalue weighted by molar-refractivity contribution is 7.92. The largest absolute Gasteiger partial charge is 0.330 e. The van der Waals surface area contributed by atoms with Gasteiger partial charge in [-0.3, -0.25) is 9.52 Å². The lowest BCUT2D eigenvalue weighted by molar-refractivity contribution is 0.0606. The summed E-state index contributed by atoms with van der Waals surface area (Å²) in [6.45, 7) is 4.47. The van der Waals surface area contributed by atoms with Crippen molar-refractivity contribution in [3.05, 3.63) is 58.5 Å². The minimum absolute atomic E-state index is 0.177. The summed E-state index contributed by atoms with van der Waals surface area (Å²) in [5, 5.41) is 4.84. The van der Waals surface area contributed by atoms with Crippen LogP contribution in [0.15, 0.2) is 30.3 Å². The molecule has 0 spiro atoms. The first-order valence-corrected chi connectivity index (χ1v) is 13.4. The lowest BCUT2D eigenvalue weighted by Gasteiger charge is -2.35. The molecule has 1 saturated carbocycles. The predicted molar refractivity (Wildman–Crippen MR) is 127 cm³/mol. The highest BCUT2D eigenvalue weighted by atomic mass is 32.2. The Kier molecular flexibility index (Phi) is 5.39. The number of aryl methyl sites for hydroxylation is 2. The Labute approximate surface area is 194 Å². The van der Waals surface area contributed by atoms with Crippen LogP contribution >= 0.6 is 0 Å². The van der Waals surface area contributed by atoms with Crippen LogP contribution in [0.4, 0.5) is 5.69 Å². The molecule has 1 atom stereocenters. The molecule has 0 unspecified atom stereocenters. The van der Waals surface area contributed by atoms with E-state index in [1.165, 1.54) is 12.8 Å². The number of benzene rings is 1. The monoisotopic (exact) mass is 467 g/mol. The highest BCUT2D eigenvalue weighted by Gasteiger charge is 2.33. The Balaban J connectivity index is 1.53. The van der Waals surface area contributed by atoms with Gasteiger partial charge in [-0.05, 0) is 63.6 Å². The molecule has 2 fully saturated rings. The first kappa shape index (κ1) is 21.9. The maximum atomic E-state index is 13.8. The van der Waals surface area contributed by atoms with Crippen molar-refractivity contribution in [1.29, 1.82) is 0 Å². The first-order valence-electron chi connectivity index (χ1n) is 11.5. The van der Waals surface area contributed by atoms with Crippen LogP contribution in [0.5, 0.6) is 0 Å². The van der Waals surface area contributed by atoms with Crippen molar-refractivity contribution in [1.82, 2.24) is 19.5 Å². The van der Waals surface area contributed by atoms with Crippen LogP contribution < -0.4 is 4.72 Å². The summed E-state index contributed by atoms with van der Waals surface area (Å²) in [6.07, 6.45) is 6.19. The molecule has 5 rings (SSSR count). The Morgan fingerprint density at radius 3 is 2.61 bits per heavy atom. The van der Waals surface area contributed by atoms with Crippen molar-refractivity contribution in [3.8, 4) is 0 Å². The average Bonchev–Trinajstić information content (AvgIpc) is 3.51. The molecule has 3 aromatic rings. The summed E-state index contributed by atoms with van der Waals surface area (Å²) >= 11 is 0. The second-order valence-corrected chi connectivity index (χ2v) is 11.1. The molecule has 1 aliphatic heterocycles. The van der Waals surface area contributed by atoms with Crippen LogP contribution in [-0.4, -0.2) is 46.6 Å². The first-order chi connectivity index (χ1) is 15.7. The maximum absolute atomic E-state index is 13.8. The van der Waals surface area contributed by atoms with Crippen LogP contribution in [0.25, 0.3) is 5.65 Å². The molecule has 8 nitrogen and oxygen atoms in total. The van der Waals surface area contributed by atoms with Crippen molar-refractivity contribution in [3.63, 3.8) is 0 Å². The topological polar surface area (TPSA) is 96.7 Å². The average molecular weight is 468 g/mol. The molecular formula is C24H29N5O3S. The number of nitrogens with one attached hydrogen (secondary N) is 1. The van der Waals surface area contributed by atoms with E-state index in [1.807, 2.05) is 35.4 Å². The second-order valence-electron chi connectivity index (χ2n) is 9.32. The molecule has 2 aliphatic rings. The number of nitrogens with zero attached hydrogens (tertiary/aromatic N) is 4. The number of rotatable bonds is 5. The number of carbonyl (C=O) groups is 1. The van der Waals surface area contributed by atoms with Crippen molar-refractivity contribution in [2.75, 3.05) is 17.5 Å². The van der Waals surface area contributed by atoms with Gasteiger partial charge in [-0.1, -0.05) is 12.1 Å². The van der Waals surface area contributed by atoms with E-state index in [0.29, 0.717) is 23.7 Å². The third-order valence-electron chi connectivity index (χ3n) is 6.53. The fourth-order valence-electron chi connectivity index (χ4n) is 4.78. The summed E-state index contributed by atoms with van der Waals surface area (Å²) in [4.78, 5) is 20.5. The van der Waals surface area contributed by atoms with Crippen LogP contribution in [0.2, 0.25) is 0 Å². The summed E-state index contributed by atoms with van der Waals surface area (Å²) in [7, 11) is -3.52. The SMILES string of the molecule is Cc1cccc(NS(C)(=O)=O)c1C(=O)N1CCCC[C@H]1c1cc2nc(C3CC3)cc(C)n2n1. The Morgan fingerprint density at radius 2 is 1.88 bits per heavy atom. The fraction of sp³-hybridized carbons (Fsp3) is 0.458. The molecule has 9 heteroatoms. The zero-order valence-corrected chi connectivity index (χ0v) is 20.0. The highest BCUT2D eigenvalue weighted by Crippen LogP contribution is 2.40. The quantitative estimate of drug-likeness (QED) is 0.613. The van der Waals surface area contributed by atoms with Gasteiger partial charge < -0.3 is 4.90 Å². The molecule has 1 amide bonds. The molecule has 1 aliphatic carbocycles. The normalized spacial score (nSPS) is 19.1. The van der Waals surface area contributed by atoms with Gasteiger partial charge in [0.05, 0.1) is 29.2 Å². The van der Waals surface area contributed by atoms with Gasteiger partial charge in [-0.15, -0.1) is 0 Å². The maximum Gasteiger partial charge on any atom is 0.256 e. The number of hydrogen-bond acceptors (Lipinski definition) is 5. The van der Waals surface area contributed by atoms with Gasteiger partial charge in [0.25, 0.3) is 5.91 Å². The lowest BCUT2D eigenvalue weighted by atomic mass is 9.96. The zero-order chi connectivity index (χ0) is 23.3. The minimum Gasteiger partial charge on any atom is -0.330 e. The van der Waals surface area contributed by atoms with E-state index in [9.17, 15) is 13.2 Å². The van der Waals surface area contributed by atoms with Gasteiger partial charge in [0.15, 0.2) is 5.65 Å². The van der Waals surface area contributed by atoms with Crippen molar-refractivity contribution in [2.45, 2.75) is 57.9 Å². The van der Waals surface area contributed by atoms with Gasteiger partial charge in [-0.25, -0.2) is 17.9 Å². The molecule has 3 heterocycles. The lowest BCUT2D eigenvalue weighted by Crippen LogP contribution is -2.39. The summed E-state index contributed by atoms with van der Waals surface area (Å²) in [5.74, 6) is 0.381. The zero-order valence-electron chi connectivity index (χ0n) is 19.2. The third-order valence-corrected chi connectivity index (χ3v) is 7.12. The van der Waals surface area contributed by atoms with Crippen molar-refractivity contribution < 1.29 is 13.2 Å². The van der Waals surface area contributed by atoms with E-state index in [4.69, 9.17) is 10.1 Å². The molecule has 33 heavy (non-hydrogen) atoms. The van der Waals surface area contributed by atoms with Crippen LogP contribution in [0.3, 0.4) is 0 Å². The molecule has 1 aromatic carbocycles. The standard InChI is InChI=1S/C24H29N5O3S/c1-15-7-6-8-18(27-33(3,31)32)23(15)24(30)28-12-5-4-9-21(28)20-14-22-25-19(17-10-11-17)13-16(2)29(22)26-20/h6-8,13-14,17,21,27H,4-5,9-12H2,1-3H3/t21-/m0/s1. The van der Waals surface area contributed by atoms with Crippen molar-refractivity contribution in [2.24, 2.45) is 0 Å². The number of likely N-dealkylation sites (tertiary alicyclic amines) is 1. The number of carbonyl (C=O) groups excluding carboxylic acids is 1. The van der Waals surface area contributed by atoms with Gasteiger partial charge in [0, 0.05) is 29.9 Å². The van der Waals surface area contributed by atoms with Crippen LogP contribution in [0, 0.1) is 13.8 Å². The van der Waals surface area contributed by atoms with E-state index in [-0.39, 0.29) is 11.9 Å². The predicted octanol–water partition coefficient (Wildman–Crippen LogP) is 3.96. The van der Waals surface area contributed by atoms with E-state index in [0.717, 1.165) is 53.8 Å². The Bertz CT molecular complexity index is 1340. The number of anilines is 1. The van der Waals surface area contributed by atoms with E-state index < -0.39 is 10.0 Å². The van der Waals surface area contributed by atoms with E-state index in [2.05, 4.69) is 10.8 Å². The second kappa shape index (κ2) is 8.13. The molecular weight excluding hydrogens is 438 g/mol. The fourth-order valence-corrected chi connectivity index (χ4v) is 5.35. The number of hydrogen-bond donors (Lipinski definition) is 1. The molecule has 1 saturated heterocycles. The summed E-state index contributed by atoms with van der Waals surface area (Å²) in [6, 6.07) is 9.16. The number of aromatic nitrogens is 3. The third kappa shape index (κ3) is 4.34. The van der Waals surface area contributed by atoms with Gasteiger partial charge in [-0.2, -0.15) is 5.10 Å². The number of piperidine rings is 1. The van der Waals surface area contributed by atoms with Crippen LogP contribution in [-0.2, 0) is 10.0 Å². The van der Waals surface area contributed by atoms with Crippen molar-refractivity contribution >= 4 is 27.3 Å². The summed E-state index contributed by atoms with van der Waals surface area (Å²) in [5.41, 5.74) is 5.26. The number of fused-ring (bicyclic) bond motifs is 1. The van der Waals surface area contributed by atoms with E-state index >= 15 is 0 Å². The Morgan fingerprint density at radius 1 is 1.09 bits per heavy atom.